The number of hydrogen-bond acceptors (Lipinski definition) is 1. The van der Waals surface area contributed by atoms with Crippen molar-refractivity contribution >= 4 is 11.6 Å². The van der Waals surface area contributed by atoms with E-state index in [1.54, 1.807) is 0 Å². The van der Waals surface area contributed by atoms with Crippen molar-refractivity contribution in [3.63, 3.8) is 0 Å². The highest BCUT2D eigenvalue weighted by Gasteiger charge is 2.09. The largest absolute Gasteiger partial charge is 0.198 e. The van der Waals surface area contributed by atoms with Crippen LogP contribution in [0.15, 0.2) is 24.3 Å². The Labute approximate surface area is 109 Å². The molecule has 1 aromatic rings. The van der Waals surface area contributed by atoms with Crippen LogP contribution in [-0.4, -0.2) is 0 Å². The van der Waals surface area contributed by atoms with E-state index in [9.17, 15) is 0 Å². The van der Waals surface area contributed by atoms with Gasteiger partial charge in [-0.25, -0.2) is 0 Å². The standard InChI is InChI=1S/C15H20ClN/c1-2-3-4-5-6-7-14(12-17)13-8-10-15(16)11-9-13/h8-11,14H,2-7H2,1H3/t14-/m0/s1. The van der Waals surface area contributed by atoms with Crippen LogP contribution in [0.5, 0.6) is 0 Å². The topological polar surface area (TPSA) is 23.8 Å². The minimum Gasteiger partial charge on any atom is -0.198 e. The van der Waals surface area contributed by atoms with Crippen molar-refractivity contribution in [3.8, 4) is 6.07 Å². The molecule has 1 atom stereocenters. The van der Waals surface area contributed by atoms with E-state index in [1.807, 2.05) is 24.3 Å². The Morgan fingerprint density at radius 2 is 1.76 bits per heavy atom. The van der Waals surface area contributed by atoms with Crippen molar-refractivity contribution in [1.29, 1.82) is 5.26 Å². The molecule has 0 aromatic heterocycles. The molecule has 0 N–H and O–H groups in total. The lowest BCUT2D eigenvalue weighted by Gasteiger charge is -2.09. The molecule has 1 rings (SSSR count). The van der Waals surface area contributed by atoms with Gasteiger partial charge in [-0.05, 0) is 24.1 Å². The Balaban J connectivity index is 2.39. The molecule has 0 amide bonds. The van der Waals surface area contributed by atoms with Gasteiger partial charge >= 0.3 is 0 Å². The van der Waals surface area contributed by atoms with Crippen LogP contribution >= 0.6 is 11.6 Å². The zero-order chi connectivity index (χ0) is 12.5. The Morgan fingerprint density at radius 1 is 1.12 bits per heavy atom. The van der Waals surface area contributed by atoms with Gasteiger partial charge in [0.2, 0.25) is 0 Å². The molecule has 0 saturated heterocycles. The van der Waals surface area contributed by atoms with Crippen LogP contribution in [0.25, 0.3) is 0 Å². The second-order valence-corrected chi connectivity index (χ2v) is 4.87. The number of unbranched alkanes of at least 4 members (excludes halogenated alkanes) is 4. The van der Waals surface area contributed by atoms with Crippen LogP contribution in [-0.2, 0) is 0 Å². The number of halogens is 1. The van der Waals surface area contributed by atoms with Crippen LogP contribution < -0.4 is 0 Å². The Kier molecular flexibility index (Phi) is 6.74. The summed E-state index contributed by atoms with van der Waals surface area (Å²) in [7, 11) is 0. The first-order valence-corrected chi connectivity index (χ1v) is 6.80. The summed E-state index contributed by atoms with van der Waals surface area (Å²) < 4.78 is 0. The Morgan fingerprint density at radius 3 is 2.35 bits per heavy atom. The molecule has 0 radical (unpaired) electrons. The summed E-state index contributed by atoms with van der Waals surface area (Å²) >= 11 is 5.84. The van der Waals surface area contributed by atoms with Gasteiger partial charge in [0.05, 0.1) is 12.0 Å². The van der Waals surface area contributed by atoms with Crippen molar-refractivity contribution in [2.24, 2.45) is 0 Å². The lowest BCUT2D eigenvalue weighted by molar-refractivity contribution is 0.589. The van der Waals surface area contributed by atoms with Gasteiger partial charge in [0.25, 0.3) is 0 Å². The van der Waals surface area contributed by atoms with E-state index in [2.05, 4.69) is 13.0 Å². The smallest absolute Gasteiger partial charge is 0.0712 e. The summed E-state index contributed by atoms with van der Waals surface area (Å²) in [5.41, 5.74) is 1.09. The molecule has 0 aliphatic carbocycles. The summed E-state index contributed by atoms with van der Waals surface area (Å²) in [6, 6.07) is 10.0. The fourth-order valence-corrected chi connectivity index (χ4v) is 2.08. The molecule has 0 heterocycles. The predicted molar refractivity (Wildman–Crippen MR) is 73.2 cm³/mol. The van der Waals surface area contributed by atoms with Crippen LogP contribution in [0.3, 0.4) is 0 Å². The zero-order valence-electron chi connectivity index (χ0n) is 10.5. The average Bonchev–Trinajstić information content (AvgIpc) is 2.35. The van der Waals surface area contributed by atoms with Gasteiger partial charge in [-0.15, -0.1) is 0 Å². The van der Waals surface area contributed by atoms with Gasteiger partial charge in [-0.2, -0.15) is 5.26 Å². The third-order valence-electron chi connectivity index (χ3n) is 3.02. The van der Waals surface area contributed by atoms with Crippen molar-refractivity contribution in [2.45, 2.75) is 51.4 Å². The molecule has 0 bridgehead atoms. The molecular formula is C15H20ClN. The molecule has 0 saturated carbocycles. The second kappa shape index (κ2) is 8.14. The predicted octanol–water partition coefficient (Wildman–Crippen LogP) is 5.31. The van der Waals surface area contributed by atoms with Crippen LogP contribution in [0, 0.1) is 11.3 Å². The van der Waals surface area contributed by atoms with Crippen LogP contribution in [0.2, 0.25) is 5.02 Å². The second-order valence-electron chi connectivity index (χ2n) is 4.44. The lowest BCUT2D eigenvalue weighted by atomic mass is 9.94. The molecule has 2 heteroatoms. The molecule has 0 fully saturated rings. The highest BCUT2D eigenvalue weighted by atomic mass is 35.5. The van der Waals surface area contributed by atoms with Crippen molar-refractivity contribution in [1.82, 2.24) is 0 Å². The average molecular weight is 250 g/mol. The number of nitriles is 1. The normalized spacial score (nSPS) is 12.1. The van der Waals surface area contributed by atoms with Crippen LogP contribution in [0.1, 0.15) is 56.9 Å². The van der Waals surface area contributed by atoms with E-state index in [0.29, 0.717) is 0 Å². The summed E-state index contributed by atoms with van der Waals surface area (Å²) in [5.74, 6) is 0.0221. The molecule has 17 heavy (non-hydrogen) atoms. The van der Waals surface area contributed by atoms with E-state index >= 15 is 0 Å². The first-order valence-electron chi connectivity index (χ1n) is 6.43. The third-order valence-corrected chi connectivity index (χ3v) is 3.28. The van der Waals surface area contributed by atoms with E-state index in [0.717, 1.165) is 23.4 Å². The van der Waals surface area contributed by atoms with E-state index in [-0.39, 0.29) is 5.92 Å². The minimum atomic E-state index is 0.0221. The fraction of sp³-hybridized carbons (Fsp3) is 0.533. The van der Waals surface area contributed by atoms with Gasteiger partial charge in [0, 0.05) is 5.02 Å². The van der Waals surface area contributed by atoms with Gasteiger partial charge in [-0.3, -0.25) is 0 Å². The molecule has 1 aromatic carbocycles. The molecule has 0 spiro atoms. The third kappa shape index (κ3) is 5.24. The van der Waals surface area contributed by atoms with E-state index in [1.165, 1.54) is 25.7 Å². The lowest BCUT2D eigenvalue weighted by Crippen LogP contribution is -1.95. The Hall–Kier alpha value is -1.00. The maximum atomic E-state index is 9.17. The van der Waals surface area contributed by atoms with Gasteiger partial charge < -0.3 is 0 Å². The molecule has 0 unspecified atom stereocenters. The summed E-state index contributed by atoms with van der Waals surface area (Å²) in [4.78, 5) is 0. The molecular weight excluding hydrogens is 230 g/mol. The minimum absolute atomic E-state index is 0.0221. The zero-order valence-corrected chi connectivity index (χ0v) is 11.2. The van der Waals surface area contributed by atoms with E-state index in [4.69, 9.17) is 16.9 Å². The number of rotatable bonds is 7. The monoisotopic (exact) mass is 249 g/mol. The fourth-order valence-electron chi connectivity index (χ4n) is 1.95. The number of hydrogen-bond donors (Lipinski definition) is 0. The SMILES string of the molecule is CCCCCCC[C@@H](C#N)c1ccc(Cl)cc1. The number of nitrogens with zero attached hydrogens (tertiary/aromatic N) is 1. The maximum absolute atomic E-state index is 9.17. The van der Waals surface area contributed by atoms with Crippen molar-refractivity contribution < 1.29 is 0 Å². The highest BCUT2D eigenvalue weighted by molar-refractivity contribution is 6.30. The molecule has 92 valence electrons. The first-order chi connectivity index (χ1) is 8.27. The van der Waals surface area contributed by atoms with Gasteiger partial charge in [0.1, 0.15) is 0 Å². The summed E-state index contributed by atoms with van der Waals surface area (Å²) in [6.07, 6.45) is 7.19. The quantitative estimate of drug-likeness (QED) is 0.601. The van der Waals surface area contributed by atoms with Gasteiger partial charge in [-0.1, -0.05) is 62.8 Å². The number of benzene rings is 1. The molecule has 0 aliphatic heterocycles. The summed E-state index contributed by atoms with van der Waals surface area (Å²) in [6.45, 7) is 2.21. The maximum Gasteiger partial charge on any atom is 0.0712 e. The summed E-state index contributed by atoms with van der Waals surface area (Å²) in [5, 5.41) is 9.90. The van der Waals surface area contributed by atoms with Crippen molar-refractivity contribution in [3.05, 3.63) is 34.9 Å². The Bertz CT molecular complexity index is 350. The van der Waals surface area contributed by atoms with Gasteiger partial charge in [0.15, 0.2) is 0 Å². The first kappa shape index (κ1) is 14.1. The van der Waals surface area contributed by atoms with E-state index < -0.39 is 0 Å². The molecule has 0 aliphatic rings. The van der Waals surface area contributed by atoms with Crippen molar-refractivity contribution in [2.75, 3.05) is 0 Å². The highest BCUT2D eigenvalue weighted by Crippen LogP contribution is 2.23. The molecule has 1 nitrogen and oxygen atoms in total. The van der Waals surface area contributed by atoms with Crippen LogP contribution in [0.4, 0.5) is 0 Å².